The molecule has 0 fully saturated rings. The summed E-state index contributed by atoms with van der Waals surface area (Å²) in [5, 5.41) is 0.627. The number of hydrogen-bond acceptors (Lipinski definition) is 1. The molecule has 0 amide bonds. The van der Waals surface area contributed by atoms with E-state index in [1.54, 1.807) is 0 Å². The van der Waals surface area contributed by atoms with E-state index >= 15 is 0 Å². The molecule has 1 nitrogen and oxygen atoms in total. The molecule has 0 aliphatic carbocycles. The van der Waals surface area contributed by atoms with Gasteiger partial charge in [-0.1, -0.05) is 29.8 Å². The Bertz CT molecular complexity index is 222. The second kappa shape index (κ2) is 13.1. The lowest BCUT2D eigenvalue weighted by Crippen LogP contribution is -1.62. The van der Waals surface area contributed by atoms with E-state index in [9.17, 15) is 4.79 Å². The highest BCUT2D eigenvalue weighted by molar-refractivity contribution is 6.62. The summed E-state index contributed by atoms with van der Waals surface area (Å²) in [7, 11) is 0. The molecule has 5 heteroatoms. The summed E-state index contributed by atoms with van der Waals surface area (Å²) in [6.45, 7) is 1.29. The summed E-state index contributed by atoms with van der Waals surface area (Å²) in [6.07, 6.45) is 0. The van der Waals surface area contributed by atoms with Crippen LogP contribution < -0.4 is 0 Å². The first-order valence-corrected chi connectivity index (χ1v) is 5.35. The number of carbonyl (C=O) groups is 1. The Morgan fingerprint density at radius 3 is 1.64 bits per heavy atom. The van der Waals surface area contributed by atoms with Gasteiger partial charge in [0.15, 0.2) is 0 Å². The lowest BCUT2D eigenvalue weighted by Gasteiger charge is -1.80. The Kier molecular flexibility index (Phi) is 15.4. The van der Waals surface area contributed by atoms with Gasteiger partial charge in [-0.3, -0.25) is 4.79 Å². The van der Waals surface area contributed by atoms with Crippen LogP contribution in [-0.2, 0) is 4.79 Å². The average Bonchev–Trinajstić information content (AvgIpc) is 2.05. The second-order valence-electron chi connectivity index (χ2n) is 1.87. The lowest BCUT2D eigenvalue weighted by molar-refractivity contribution is -0.109. The van der Waals surface area contributed by atoms with Crippen LogP contribution in [0, 0.1) is 0 Å². The van der Waals surface area contributed by atoms with E-state index in [1.807, 2.05) is 30.3 Å². The number of benzene rings is 1. The third kappa shape index (κ3) is 22.7. The first kappa shape index (κ1) is 16.5. The summed E-state index contributed by atoms with van der Waals surface area (Å²) < 4.78 is 0. The Labute approximate surface area is 104 Å². The molecule has 0 atom stereocenters. The number of hydrogen-bond donors (Lipinski definition) is 0. The molecule has 0 heterocycles. The molecule has 0 aromatic heterocycles. The summed E-state index contributed by atoms with van der Waals surface area (Å²) in [4.78, 5) is 9.21. The standard InChI is InChI=1S/C6H5Cl.C2H3ClO.CH2Cl2/c7-6-4-2-1-3-5-6;1-2(3)4;2-1-3/h1-5H;1H3;1H2. The molecule has 0 unspecified atom stereocenters. The summed E-state index contributed by atoms with van der Waals surface area (Å²) >= 11 is 19.7. The minimum Gasteiger partial charge on any atom is -0.282 e. The highest BCUT2D eigenvalue weighted by atomic mass is 35.5. The summed E-state index contributed by atoms with van der Waals surface area (Å²) in [5.74, 6) is 0. The van der Waals surface area contributed by atoms with Gasteiger partial charge >= 0.3 is 0 Å². The number of carbonyl (C=O) groups excluding carboxylic acids is 1. The SMILES string of the molecule is CC(=O)Cl.ClCCl.Clc1ccccc1. The third-order valence-electron chi connectivity index (χ3n) is 0.733. The molecule has 1 aromatic carbocycles. The highest BCUT2D eigenvalue weighted by Crippen LogP contribution is 2.03. The number of rotatable bonds is 0. The molecule has 0 saturated carbocycles. The van der Waals surface area contributed by atoms with Crippen LogP contribution >= 0.6 is 46.4 Å². The van der Waals surface area contributed by atoms with Gasteiger partial charge in [-0.15, -0.1) is 23.2 Å². The molecule has 14 heavy (non-hydrogen) atoms. The topological polar surface area (TPSA) is 17.1 Å². The van der Waals surface area contributed by atoms with Crippen molar-refractivity contribution in [3.63, 3.8) is 0 Å². The van der Waals surface area contributed by atoms with E-state index in [0.717, 1.165) is 5.02 Å². The normalized spacial score (nSPS) is 7.50. The van der Waals surface area contributed by atoms with Gasteiger partial charge in [0.25, 0.3) is 0 Å². The number of alkyl halides is 2. The van der Waals surface area contributed by atoms with E-state index in [0.29, 0.717) is 0 Å². The third-order valence-corrected chi connectivity index (χ3v) is 0.985. The van der Waals surface area contributed by atoms with Crippen molar-refractivity contribution >= 4 is 51.6 Å². The predicted molar refractivity (Wildman–Crippen MR) is 64.6 cm³/mol. The van der Waals surface area contributed by atoms with E-state index in [-0.39, 0.29) is 10.6 Å². The second-order valence-corrected chi connectivity index (χ2v) is 3.64. The van der Waals surface area contributed by atoms with Crippen LogP contribution in [0.3, 0.4) is 0 Å². The van der Waals surface area contributed by atoms with Crippen molar-refractivity contribution in [3.05, 3.63) is 35.4 Å². The molecule has 80 valence electrons. The van der Waals surface area contributed by atoms with Crippen LogP contribution in [0.5, 0.6) is 0 Å². The first-order valence-electron chi connectivity index (χ1n) is 3.53. The van der Waals surface area contributed by atoms with E-state index in [1.165, 1.54) is 6.92 Å². The fourth-order valence-corrected chi connectivity index (χ4v) is 0.560. The van der Waals surface area contributed by atoms with Crippen molar-refractivity contribution in [2.45, 2.75) is 6.92 Å². The van der Waals surface area contributed by atoms with Gasteiger partial charge in [-0.05, 0) is 23.7 Å². The van der Waals surface area contributed by atoms with Crippen molar-refractivity contribution in [2.24, 2.45) is 0 Å². The van der Waals surface area contributed by atoms with E-state index < -0.39 is 0 Å². The van der Waals surface area contributed by atoms with Gasteiger partial charge in [0.1, 0.15) is 0 Å². The predicted octanol–water partition coefficient (Wildman–Crippen LogP) is 4.53. The zero-order valence-corrected chi connectivity index (χ0v) is 10.5. The van der Waals surface area contributed by atoms with Gasteiger partial charge in [0, 0.05) is 11.9 Å². The molecular formula is C9H10Cl4O. The maximum absolute atomic E-state index is 9.21. The largest absolute Gasteiger partial charge is 0.282 e. The Hall–Kier alpha value is 0.0500. The quantitative estimate of drug-likeness (QED) is 0.502. The molecule has 0 radical (unpaired) electrons. The van der Waals surface area contributed by atoms with Gasteiger partial charge in [0.05, 0.1) is 5.34 Å². The zero-order chi connectivity index (χ0) is 11.4. The molecule has 0 bridgehead atoms. The molecule has 0 N–H and O–H groups in total. The fourth-order valence-electron chi connectivity index (χ4n) is 0.415. The van der Waals surface area contributed by atoms with Gasteiger partial charge in [-0.25, -0.2) is 0 Å². The van der Waals surface area contributed by atoms with E-state index in [2.05, 4.69) is 11.6 Å². The Morgan fingerprint density at radius 1 is 1.21 bits per heavy atom. The first-order chi connectivity index (χ1) is 6.54. The molecule has 1 aromatic rings. The van der Waals surface area contributed by atoms with Crippen molar-refractivity contribution in [2.75, 3.05) is 5.34 Å². The smallest absolute Gasteiger partial charge is 0.218 e. The summed E-state index contributed by atoms with van der Waals surface area (Å²) in [5.41, 5.74) is 0. The van der Waals surface area contributed by atoms with Gasteiger partial charge in [0.2, 0.25) is 5.24 Å². The maximum Gasteiger partial charge on any atom is 0.218 e. The molecule has 0 aliphatic heterocycles. The fraction of sp³-hybridized carbons (Fsp3) is 0.222. The highest BCUT2D eigenvalue weighted by Gasteiger charge is 1.74. The summed E-state index contributed by atoms with van der Waals surface area (Å²) in [6, 6.07) is 9.44. The lowest BCUT2D eigenvalue weighted by atomic mass is 10.4. The van der Waals surface area contributed by atoms with Crippen molar-refractivity contribution in [3.8, 4) is 0 Å². The van der Waals surface area contributed by atoms with Crippen LogP contribution in [0.2, 0.25) is 5.02 Å². The van der Waals surface area contributed by atoms with E-state index in [4.69, 9.17) is 34.8 Å². The molecule has 0 saturated heterocycles. The molecule has 0 aliphatic rings. The van der Waals surface area contributed by atoms with Crippen molar-refractivity contribution in [1.29, 1.82) is 0 Å². The van der Waals surface area contributed by atoms with Crippen molar-refractivity contribution < 1.29 is 4.79 Å². The zero-order valence-electron chi connectivity index (χ0n) is 7.51. The van der Waals surface area contributed by atoms with Crippen molar-refractivity contribution in [1.82, 2.24) is 0 Å². The number of halogens is 4. The monoisotopic (exact) mass is 274 g/mol. The van der Waals surface area contributed by atoms with Crippen LogP contribution in [0.15, 0.2) is 30.3 Å². The maximum atomic E-state index is 9.21. The Morgan fingerprint density at radius 2 is 1.50 bits per heavy atom. The van der Waals surface area contributed by atoms with Crippen LogP contribution in [0.25, 0.3) is 0 Å². The average molecular weight is 276 g/mol. The molecule has 1 rings (SSSR count). The van der Waals surface area contributed by atoms with Crippen LogP contribution in [0.4, 0.5) is 0 Å². The molecular weight excluding hydrogens is 266 g/mol. The minimum absolute atomic E-state index is 0.194. The van der Waals surface area contributed by atoms with Crippen LogP contribution in [-0.4, -0.2) is 10.6 Å². The molecule has 0 spiro atoms. The van der Waals surface area contributed by atoms with Gasteiger partial charge < -0.3 is 0 Å². The van der Waals surface area contributed by atoms with Crippen LogP contribution in [0.1, 0.15) is 6.92 Å². The minimum atomic E-state index is -0.361. The Balaban J connectivity index is 0. The van der Waals surface area contributed by atoms with Gasteiger partial charge in [-0.2, -0.15) is 0 Å².